The van der Waals surface area contributed by atoms with Gasteiger partial charge >= 0.3 is 0 Å². The summed E-state index contributed by atoms with van der Waals surface area (Å²) in [7, 11) is 1.66. The Morgan fingerprint density at radius 1 is 1.11 bits per heavy atom. The first kappa shape index (κ1) is 20.0. The minimum atomic E-state index is -0.210. The van der Waals surface area contributed by atoms with Gasteiger partial charge in [0.25, 0.3) is 5.91 Å². The van der Waals surface area contributed by atoms with Crippen LogP contribution in [0.5, 0.6) is 5.75 Å². The standard InChI is InChI=1S/C21H24Cl2N2O2/c1-27-16-10-8-15(9-11-16)19(25-12-3-2-4-13-25)14-24-21(26)17-6-5-7-18(22)20(17)23/h5-11,19H,2-4,12-14H2,1H3,(H,24,26). The summed E-state index contributed by atoms with van der Waals surface area (Å²) in [6.45, 7) is 2.57. The van der Waals surface area contributed by atoms with Crippen molar-refractivity contribution in [3.05, 3.63) is 63.6 Å². The van der Waals surface area contributed by atoms with Gasteiger partial charge in [0.2, 0.25) is 0 Å². The first-order chi connectivity index (χ1) is 13.1. The molecule has 144 valence electrons. The second-order valence-corrected chi connectivity index (χ2v) is 7.48. The monoisotopic (exact) mass is 406 g/mol. The SMILES string of the molecule is COc1ccc(C(CNC(=O)c2cccc(Cl)c2Cl)N2CCCCC2)cc1. The average molecular weight is 407 g/mol. The van der Waals surface area contributed by atoms with Gasteiger partial charge < -0.3 is 10.1 Å². The molecule has 0 saturated carbocycles. The third kappa shape index (κ3) is 4.95. The normalized spacial score (nSPS) is 16.0. The lowest BCUT2D eigenvalue weighted by molar-refractivity contribution is 0.0924. The maximum atomic E-state index is 12.6. The number of likely N-dealkylation sites (tertiary alicyclic amines) is 1. The molecule has 1 N–H and O–H groups in total. The first-order valence-corrected chi connectivity index (χ1v) is 9.96. The molecule has 2 aromatic rings. The number of amides is 1. The first-order valence-electron chi connectivity index (χ1n) is 9.20. The number of nitrogens with zero attached hydrogens (tertiary/aromatic N) is 1. The van der Waals surface area contributed by atoms with E-state index in [1.807, 2.05) is 12.1 Å². The van der Waals surface area contributed by atoms with Crippen molar-refractivity contribution in [2.24, 2.45) is 0 Å². The molecule has 27 heavy (non-hydrogen) atoms. The summed E-state index contributed by atoms with van der Waals surface area (Å²) in [4.78, 5) is 15.1. The van der Waals surface area contributed by atoms with Crippen LogP contribution in [0.3, 0.4) is 0 Å². The van der Waals surface area contributed by atoms with Crippen LogP contribution in [0.4, 0.5) is 0 Å². The number of rotatable bonds is 6. The zero-order valence-electron chi connectivity index (χ0n) is 15.4. The molecule has 1 atom stereocenters. The van der Waals surface area contributed by atoms with Gasteiger partial charge in [-0.3, -0.25) is 9.69 Å². The number of carbonyl (C=O) groups excluding carboxylic acids is 1. The Morgan fingerprint density at radius 2 is 1.81 bits per heavy atom. The maximum absolute atomic E-state index is 12.6. The molecule has 0 radical (unpaired) electrons. The molecule has 0 aliphatic carbocycles. The molecule has 1 aliphatic rings. The largest absolute Gasteiger partial charge is 0.497 e. The predicted molar refractivity (Wildman–Crippen MR) is 110 cm³/mol. The third-order valence-corrected chi connectivity index (χ3v) is 5.80. The lowest BCUT2D eigenvalue weighted by Gasteiger charge is -2.35. The van der Waals surface area contributed by atoms with Gasteiger partial charge in [0, 0.05) is 6.54 Å². The van der Waals surface area contributed by atoms with Gasteiger partial charge in [-0.1, -0.05) is 47.8 Å². The van der Waals surface area contributed by atoms with E-state index in [4.69, 9.17) is 27.9 Å². The van der Waals surface area contributed by atoms with Crippen molar-refractivity contribution < 1.29 is 9.53 Å². The van der Waals surface area contributed by atoms with Gasteiger partial charge in [0.1, 0.15) is 5.75 Å². The Kier molecular flexibility index (Phi) is 7.00. The van der Waals surface area contributed by atoms with E-state index in [-0.39, 0.29) is 17.0 Å². The number of hydrogen-bond acceptors (Lipinski definition) is 3. The maximum Gasteiger partial charge on any atom is 0.252 e. The number of methoxy groups -OCH3 is 1. The Balaban J connectivity index is 1.76. The van der Waals surface area contributed by atoms with Gasteiger partial charge in [-0.05, 0) is 55.8 Å². The number of halogens is 2. The van der Waals surface area contributed by atoms with Gasteiger partial charge in [-0.2, -0.15) is 0 Å². The molecule has 0 aromatic heterocycles. The molecule has 1 fully saturated rings. The van der Waals surface area contributed by atoms with E-state index in [0.717, 1.165) is 24.4 Å². The van der Waals surface area contributed by atoms with Crippen molar-refractivity contribution in [2.75, 3.05) is 26.7 Å². The number of ether oxygens (including phenoxy) is 1. The van der Waals surface area contributed by atoms with Crippen LogP contribution in [0.1, 0.15) is 41.2 Å². The van der Waals surface area contributed by atoms with Crippen LogP contribution in [0.2, 0.25) is 10.0 Å². The molecule has 4 nitrogen and oxygen atoms in total. The molecular weight excluding hydrogens is 383 g/mol. The van der Waals surface area contributed by atoms with Gasteiger partial charge in [-0.25, -0.2) is 0 Å². The second kappa shape index (κ2) is 9.45. The summed E-state index contributed by atoms with van der Waals surface area (Å²) in [5.41, 5.74) is 1.56. The van der Waals surface area contributed by atoms with E-state index in [1.165, 1.54) is 19.3 Å². The number of nitrogens with one attached hydrogen (secondary N) is 1. The van der Waals surface area contributed by atoms with E-state index >= 15 is 0 Å². The second-order valence-electron chi connectivity index (χ2n) is 6.70. The highest BCUT2D eigenvalue weighted by Crippen LogP contribution is 2.27. The van der Waals surface area contributed by atoms with Gasteiger partial charge in [-0.15, -0.1) is 0 Å². The summed E-state index contributed by atoms with van der Waals surface area (Å²) >= 11 is 12.2. The van der Waals surface area contributed by atoms with E-state index in [2.05, 4.69) is 22.3 Å². The van der Waals surface area contributed by atoms with Crippen molar-refractivity contribution in [1.82, 2.24) is 10.2 Å². The smallest absolute Gasteiger partial charge is 0.252 e. The predicted octanol–water partition coefficient (Wildman–Crippen LogP) is 4.96. The van der Waals surface area contributed by atoms with Crippen molar-refractivity contribution in [1.29, 1.82) is 0 Å². The quantitative estimate of drug-likeness (QED) is 0.736. The fourth-order valence-corrected chi connectivity index (χ4v) is 3.86. The summed E-state index contributed by atoms with van der Waals surface area (Å²) in [6.07, 6.45) is 3.62. The minimum absolute atomic E-state index is 0.109. The topological polar surface area (TPSA) is 41.6 Å². The fraction of sp³-hybridized carbons (Fsp3) is 0.381. The molecule has 6 heteroatoms. The summed E-state index contributed by atoms with van der Waals surface area (Å²) in [6, 6.07) is 13.3. The van der Waals surface area contributed by atoms with Crippen LogP contribution >= 0.6 is 23.2 Å². The van der Waals surface area contributed by atoms with Crippen LogP contribution in [-0.2, 0) is 0 Å². The Labute approximate surface area is 170 Å². The van der Waals surface area contributed by atoms with Crippen LogP contribution in [0, 0.1) is 0 Å². The van der Waals surface area contributed by atoms with Crippen molar-refractivity contribution in [3.8, 4) is 5.75 Å². The van der Waals surface area contributed by atoms with Crippen LogP contribution in [-0.4, -0.2) is 37.6 Å². The Morgan fingerprint density at radius 3 is 2.48 bits per heavy atom. The van der Waals surface area contributed by atoms with E-state index in [9.17, 15) is 4.79 Å². The average Bonchev–Trinajstić information content (AvgIpc) is 2.71. The highest BCUT2D eigenvalue weighted by atomic mass is 35.5. The molecule has 1 aliphatic heterocycles. The number of piperidine rings is 1. The minimum Gasteiger partial charge on any atom is -0.497 e. The number of benzene rings is 2. The summed E-state index contributed by atoms with van der Waals surface area (Å²) in [5, 5.41) is 3.71. The molecule has 1 unspecified atom stereocenters. The lowest BCUT2D eigenvalue weighted by Crippen LogP contribution is -2.40. The molecule has 0 spiro atoms. The zero-order valence-corrected chi connectivity index (χ0v) is 16.9. The Hall–Kier alpha value is -1.75. The molecule has 0 bridgehead atoms. The highest BCUT2D eigenvalue weighted by Gasteiger charge is 2.23. The molecule has 3 rings (SSSR count). The molecule has 1 heterocycles. The molecule has 1 saturated heterocycles. The third-order valence-electron chi connectivity index (χ3n) is 4.98. The molecular formula is C21H24Cl2N2O2. The zero-order chi connectivity index (χ0) is 19.2. The van der Waals surface area contributed by atoms with E-state index in [1.54, 1.807) is 25.3 Å². The van der Waals surface area contributed by atoms with E-state index < -0.39 is 0 Å². The van der Waals surface area contributed by atoms with Crippen molar-refractivity contribution in [2.45, 2.75) is 25.3 Å². The van der Waals surface area contributed by atoms with Crippen LogP contribution < -0.4 is 10.1 Å². The summed E-state index contributed by atoms with van der Waals surface area (Å²) < 4.78 is 5.26. The number of hydrogen-bond donors (Lipinski definition) is 1. The summed E-state index contributed by atoms with van der Waals surface area (Å²) in [5.74, 6) is 0.615. The molecule has 1 amide bonds. The van der Waals surface area contributed by atoms with Gasteiger partial charge in [0.15, 0.2) is 0 Å². The van der Waals surface area contributed by atoms with Crippen LogP contribution in [0.15, 0.2) is 42.5 Å². The van der Waals surface area contributed by atoms with E-state index in [0.29, 0.717) is 17.1 Å². The van der Waals surface area contributed by atoms with Gasteiger partial charge in [0.05, 0.1) is 28.8 Å². The van der Waals surface area contributed by atoms with Crippen molar-refractivity contribution in [3.63, 3.8) is 0 Å². The fourth-order valence-electron chi connectivity index (χ4n) is 3.48. The number of carbonyl (C=O) groups is 1. The van der Waals surface area contributed by atoms with Crippen molar-refractivity contribution >= 4 is 29.1 Å². The Bertz CT molecular complexity index is 774. The molecule has 2 aromatic carbocycles. The highest BCUT2D eigenvalue weighted by molar-refractivity contribution is 6.43. The lowest BCUT2D eigenvalue weighted by atomic mass is 10.0. The van der Waals surface area contributed by atoms with Crippen LogP contribution in [0.25, 0.3) is 0 Å².